The molecule has 0 amide bonds. The summed E-state index contributed by atoms with van der Waals surface area (Å²) in [7, 11) is 0. The van der Waals surface area contributed by atoms with Crippen LogP contribution in [-0.4, -0.2) is 47.7 Å². The zero-order valence-corrected chi connectivity index (χ0v) is 11.5. The second-order valence-corrected chi connectivity index (χ2v) is 4.58. The van der Waals surface area contributed by atoms with Crippen LogP contribution in [0.1, 0.15) is 25.6 Å². The van der Waals surface area contributed by atoms with E-state index in [2.05, 4.69) is 14.9 Å². The summed E-state index contributed by atoms with van der Waals surface area (Å²) < 4.78 is 10.9. The third kappa shape index (κ3) is 4.65. The van der Waals surface area contributed by atoms with Gasteiger partial charge in [-0.05, 0) is 32.9 Å². The molecule has 2 heterocycles. The molecule has 6 heteroatoms. The predicted octanol–water partition coefficient (Wildman–Crippen LogP) is 1.07. The van der Waals surface area contributed by atoms with Crippen molar-refractivity contribution in [1.82, 2.24) is 14.9 Å². The molecule has 106 valence electrons. The number of ether oxygens (including phenoxy) is 2. The lowest BCUT2D eigenvalue weighted by Crippen LogP contribution is -2.25. The first-order chi connectivity index (χ1) is 9.28. The molecule has 0 unspecified atom stereocenters. The molecule has 1 aromatic heterocycles. The normalized spacial score (nSPS) is 15.8. The summed E-state index contributed by atoms with van der Waals surface area (Å²) in [6.45, 7) is 6.83. The van der Waals surface area contributed by atoms with Crippen molar-refractivity contribution in [3.05, 3.63) is 11.9 Å². The third-order valence-electron chi connectivity index (χ3n) is 3.06. The second-order valence-electron chi connectivity index (χ2n) is 4.58. The Hall–Kier alpha value is -1.40. The molecule has 0 bridgehead atoms. The van der Waals surface area contributed by atoms with Gasteiger partial charge in [0.2, 0.25) is 5.88 Å². The molecule has 1 aliphatic rings. The van der Waals surface area contributed by atoms with Crippen LogP contribution in [0.4, 0.5) is 5.82 Å². The monoisotopic (exact) mass is 266 g/mol. The average Bonchev–Trinajstić information content (AvgIpc) is 2.89. The van der Waals surface area contributed by atoms with Gasteiger partial charge >= 0.3 is 0 Å². The van der Waals surface area contributed by atoms with E-state index in [0.29, 0.717) is 37.3 Å². The molecular weight excluding hydrogens is 244 g/mol. The molecule has 0 saturated carbocycles. The van der Waals surface area contributed by atoms with Crippen molar-refractivity contribution in [3.63, 3.8) is 0 Å². The fourth-order valence-electron chi connectivity index (χ4n) is 2.11. The van der Waals surface area contributed by atoms with E-state index in [1.807, 2.05) is 6.92 Å². The molecule has 0 aromatic carbocycles. The van der Waals surface area contributed by atoms with Gasteiger partial charge in [-0.15, -0.1) is 0 Å². The van der Waals surface area contributed by atoms with Crippen LogP contribution in [-0.2, 0) is 11.3 Å². The Balaban J connectivity index is 1.82. The van der Waals surface area contributed by atoms with Gasteiger partial charge in [0.1, 0.15) is 19.0 Å². The summed E-state index contributed by atoms with van der Waals surface area (Å²) in [5.74, 6) is 1.51. The summed E-state index contributed by atoms with van der Waals surface area (Å²) in [4.78, 5) is 10.8. The molecule has 1 saturated heterocycles. The summed E-state index contributed by atoms with van der Waals surface area (Å²) in [6, 6.07) is 1.65. The van der Waals surface area contributed by atoms with Gasteiger partial charge in [0.15, 0.2) is 5.82 Å². The zero-order valence-electron chi connectivity index (χ0n) is 11.5. The molecule has 6 nitrogen and oxygen atoms in total. The van der Waals surface area contributed by atoms with Crippen LogP contribution in [0.5, 0.6) is 5.88 Å². The Morgan fingerprint density at radius 2 is 2.11 bits per heavy atom. The molecule has 19 heavy (non-hydrogen) atoms. The molecule has 1 aromatic rings. The van der Waals surface area contributed by atoms with Crippen molar-refractivity contribution in [2.75, 3.05) is 38.6 Å². The summed E-state index contributed by atoms with van der Waals surface area (Å²) in [6.07, 6.45) is 2.58. The minimum absolute atomic E-state index is 0.365. The van der Waals surface area contributed by atoms with E-state index in [1.165, 1.54) is 25.9 Å². The molecule has 1 aliphatic heterocycles. The van der Waals surface area contributed by atoms with Crippen LogP contribution in [0.2, 0.25) is 0 Å². The molecule has 1 fully saturated rings. The van der Waals surface area contributed by atoms with E-state index in [-0.39, 0.29) is 0 Å². The lowest BCUT2D eigenvalue weighted by Gasteiger charge is -2.14. The van der Waals surface area contributed by atoms with Gasteiger partial charge in [-0.3, -0.25) is 4.90 Å². The predicted molar refractivity (Wildman–Crippen MR) is 72.9 cm³/mol. The number of nitrogens with two attached hydrogens (primary N) is 1. The number of hydrogen-bond donors (Lipinski definition) is 1. The molecule has 0 atom stereocenters. The lowest BCUT2D eigenvalue weighted by atomic mass is 10.4. The molecule has 2 rings (SSSR count). The van der Waals surface area contributed by atoms with Crippen LogP contribution >= 0.6 is 0 Å². The number of anilines is 1. The number of aromatic nitrogens is 2. The summed E-state index contributed by atoms with van der Waals surface area (Å²) >= 11 is 0. The molecule has 0 radical (unpaired) electrons. The van der Waals surface area contributed by atoms with Gasteiger partial charge in [0.05, 0.1) is 0 Å². The van der Waals surface area contributed by atoms with Gasteiger partial charge in [-0.2, -0.15) is 4.98 Å². The van der Waals surface area contributed by atoms with Gasteiger partial charge in [0.25, 0.3) is 0 Å². The number of likely N-dealkylation sites (tertiary alicyclic amines) is 1. The Bertz CT molecular complexity index is 394. The Morgan fingerprint density at radius 1 is 1.32 bits per heavy atom. The summed E-state index contributed by atoms with van der Waals surface area (Å²) in [5, 5.41) is 0. The number of hydrogen-bond acceptors (Lipinski definition) is 6. The highest BCUT2D eigenvalue weighted by molar-refractivity contribution is 5.32. The van der Waals surface area contributed by atoms with Gasteiger partial charge in [0, 0.05) is 19.2 Å². The summed E-state index contributed by atoms with van der Waals surface area (Å²) in [5.41, 5.74) is 5.73. The van der Waals surface area contributed by atoms with Gasteiger partial charge in [-0.1, -0.05) is 0 Å². The maximum Gasteiger partial charge on any atom is 0.218 e. The maximum atomic E-state index is 5.73. The van der Waals surface area contributed by atoms with Crippen LogP contribution in [0.25, 0.3) is 0 Å². The van der Waals surface area contributed by atoms with Crippen molar-refractivity contribution in [2.45, 2.75) is 26.4 Å². The molecule has 0 aliphatic carbocycles. The highest BCUT2D eigenvalue weighted by atomic mass is 16.5. The maximum absolute atomic E-state index is 5.73. The smallest absolute Gasteiger partial charge is 0.218 e. The van der Waals surface area contributed by atoms with E-state index in [0.717, 1.165) is 6.54 Å². The second kappa shape index (κ2) is 7.25. The van der Waals surface area contributed by atoms with Crippen LogP contribution in [0.3, 0.4) is 0 Å². The van der Waals surface area contributed by atoms with Crippen molar-refractivity contribution in [3.8, 4) is 5.88 Å². The quantitative estimate of drug-likeness (QED) is 0.796. The Labute approximate surface area is 113 Å². The first kappa shape index (κ1) is 14.0. The number of nitrogens with zero attached hydrogens (tertiary/aromatic N) is 3. The average molecular weight is 266 g/mol. The minimum atomic E-state index is 0.365. The largest absolute Gasteiger partial charge is 0.476 e. The van der Waals surface area contributed by atoms with Crippen molar-refractivity contribution in [1.29, 1.82) is 0 Å². The molecule has 2 N–H and O–H groups in total. The van der Waals surface area contributed by atoms with Gasteiger partial charge < -0.3 is 15.2 Å². The fourth-order valence-corrected chi connectivity index (χ4v) is 2.11. The first-order valence-electron chi connectivity index (χ1n) is 6.84. The standard InChI is InChI=1S/C13H22N4O2/c1-2-18-10-12-15-11(14)9-13(16-12)19-8-7-17-5-3-4-6-17/h9H,2-8,10H2,1H3,(H2,14,15,16). The SMILES string of the molecule is CCOCc1nc(N)cc(OCCN2CCCC2)n1. The Morgan fingerprint density at radius 3 is 2.84 bits per heavy atom. The van der Waals surface area contributed by atoms with E-state index >= 15 is 0 Å². The highest BCUT2D eigenvalue weighted by Crippen LogP contribution is 2.12. The Kier molecular flexibility index (Phi) is 5.35. The van der Waals surface area contributed by atoms with Crippen LogP contribution in [0, 0.1) is 0 Å². The minimum Gasteiger partial charge on any atom is -0.476 e. The molecule has 0 spiro atoms. The van der Waals surface area contributed by atoms with E-state index in [4.69, 9.17) is 15.2 Å². The van der Waals surface area contributed by atoms with Crippen LogP contribution in [0.15, 0.2) is 6.07 Å². The molecular formula is C13H22N4O2. The van der Waals surface area contributed by atoms with E-state index < -0.39 is 0 Å². The number of nitrogen functional groups attached to an aromatic ring is 1. The topological polar surface area (TPSA) is 73.5 Å². The van der Waals surface area contributed by atoms with E-state index in [1.54, 1.807) is 6.07 Å². The van der Waals surface area contributed by atoms with E-state index in [9.17, 15) is 0 Å². The van der Waals surface area contributed by atoms with Crippen LogP contribution < -0.4 is 10.5 Å². The lowest BCUT2D eigenvalue weighted by molar-refractivity contribution is 0.127. The van der Waals surface area contributed by atoms with Gasteiger partial charge in [-0.25, -0.2) is 4.98 Å². The highest BCUT2D eigenvalue weighted by Gasteiger charge is 2.11. The fraction of sp³-hybridized carbons (Fsp3) is 0.692. The number of rotatable bonds is 7. The zero-order chi connectivity index (χ0) is 13.5. The van der Waals surface area contributed by atoms with Crippen molar-refractivity contribution >= 4 is 5.82 Å². The first-order valence-corrected chi connectivity index (χ1v) is 6.84. The van der Waals surface area contributed by atoms with Crippen molar-refractivity contribution in [2.24, 2.45) is 0 Å². The van der Waals surface area contributed by atoms with Crippen molar-refractivity contribution < 1.29 is 9.47 Å². The third-order valence-corrected chi connectivity index (χ3v) is 3.06.